The molecule has 0 aliphatic heterocycles. The van der Waals surface area contributed by atoms with E-state index >= 15 is 0 Å². The molecule has 1 amide bonds. The van der Waals surface area contributed by atoms with E-state index in [0.29, 0.717) is 16.8 Å². The number of hydrogen-bond acceptors (Lipinski definition) is 4. The smallest absolute Gasteiger partial charge is 0.243 e. The summed E-state index contributed by atoms with van der Waals surface area (Å²) in [5.41, 5.74) is 1.16. The van der Waals surface area contributed by atoms with Crippen LogP contribution in [-0.4, -0.2) is 38.0 Å². The van der Waals surface area contributed by atoms with Crippen LogP contribution < -0.4 is 5.32 Å². The molecule has 7 heteroatoms. The van der Waals surface area contributed by atoms with E-state index in [-0.39, 0.29) is 17.2 Å². The molecule has 3 rings (SSSR count). The first-order valence-corrected chi connectivity index (χ1v) is 10.3. The van der Waals surface area contributed by atoms with E-state index in [0.717, 1.165) is 4.31 Å². The van der Waals surface area contributed by atoms with Crippen molar-refractivity contribution in [2.75, 3.05) is 18.9 Å². The van der Waals surface area contributed by atoms with Gasteiger partial charge in [0, 0.05) is 18.2 Å². The molecular weight excluding hydrogens is 388 g/mol. The average molecular weight is 408 g/mol. The quantitative estimate of drug-likeness (QED) is 0.609. The van der Waals surface area contributed by atoms with Crippen LogP contribution in [0.4, 0.5) is 5.69 Å². The highest BCUT2D eigenvalue weighted by Crippen LogP contribution is 2.20. The molecule has 0 atom stereocenters. The van der Waals surface area contributed by atoms with Crippen molar-refractivity contribution in [1.82, 2.24) is 4.31 Å². The summed E-state index contributed by atoms with van der Waals surface area (Å²) < 4.78 is 26.1. The van der Waals surface area contributed by atoms with Gasteiger partial charge in [-0.2, -0.15) is 4.31 Å². The summed E-state index contributed by atoms with van der Waals surface area (Å²) in [5, 5.41) is 2.65. The number of sulfonamides is 1. The average Bonchev–Trinajstić information content (AvgIpc) is 2.74. The number of amides is 1. The Kier molecular flexibility index (Phi) is 6.21. The molecule has 0 radical (unpaired) electrons. The van der Waals surface area contributed by atoms with Crippen LogP contribution >= 0.6 is 0 Å². The standard InChI is InChI=1S/C22H20N2O4S/c1-24(29(27,28)18-12-6-3-7-13-18)16-21(25)23-20-15-9-8-14-19(20)22(26)17-10-4-2-5-11-17/h2-15H,16H2,1H3,(H,23,25). The van der Waals surface area contributed by atoms with Crippen molar-refractivity contribution in [1.29, 1.82) is 0 Å². The summed E-state index contributed by atoms with van der Waals surface area (Å²) in [7, 11) is -2.45. The number of likely N-dealkylation sites (N-methyl/N-ethyl adjacent to an activating group) is 1. The maximum Gasteiger partial charge on any atom is 0.243 e. The summed E-state index contributed by atoms with van der Waals surface area (Å²) >= 11 is 0. The lowest BCUT2D eigenvalue weighted by Crippen LogP contribution is -2.35. The van der Waals surface area contributed by atoms with Crippen molar-refractivity contribution in [3.05, 3.63) is 96.1 Å². The fraction of sp³-hybridized carbons (Fsp3) is 0.0909. The molecule has 3 aromatic rings. The van der Waals surface area contributed by atoms with Crippen molar-refractivity contribution in [2.24, 2.45) is 0 Å². The van der Waals surface area contributed by atoms with Crippen LogP contribution in [0.15, 0.2) is 89.8 Å². The van der Waals surface area contributed by atoms with Crippen molar-refractivity contribution in [3.63, 3.8) is 0 Å². The van der Waals surface area contributed by atoms with Gasteiger partial charge < -0.3 is 5.32 Å². The number of carbonyl (C=O) groups excluding carboxylic acids is 2. The van der Waals surface area contributed by atoms with Crippen LogP contribution in [0.25, 0.3) is 0 Å². The minimum absolute atomic E-state index is 0.106. The maximum absolute atomic E-state index is 12.8. The van der Waals surface area contributed by atoms with Gasteiger partial charge in [0.2, 0.25) is 15.9 Å². The molecule has 0 aliphatic carbocycles. The third-order valence-corrected chi connectivity index (χ3v) is 6.12. The van der Waals surface area contributed by atoms with Crippen LogP contribution in [0, 0.1) is 0 Å². The van der Waals surface area contributed by atoms with E-state index in [1.54, 1.807) is 66.7 Å². The van der Waals surface area contributed by atoms with Gasteiger partial charge in [0.05, 0.1) is 17.1 Å². The molecule has 0 bridgehead atoms. The van der Waals surface area contributed by atoms with Gasteiger partial charge in [-0.1, -0.05) is 60.7 Å². The number of anilines is 1. The molecule has 0 aromatic heterocycles. The second-order valence-electron chi connectivity index (χ2n) is 6.36. The van der Waals surface area contributed by atoms with Crippen molar-refractivity contribution < 1.29 is 18.0 Å². The lowest BCUT2D eigenvalue weighted by Gasteiger charge is -2.17. The second-order valence-corrected chi connectivity index (χ2v) is 8.41. The van der Waals surface area contributed by atoms with E-state index in [9.17, 15) is 18.0 Å². The molecule has 0 fully saturated rings. The van der Waals surface area contributed by atoms with E-state index in [4.69, 9.17) is 0 Å². The van der Waals surface area contributed by atoms with Crippen LogP contribution in [-0.2, 0) is 14.8 Å². The first kappa shape index (κ1) is 20.4. The number of hydrogen-bond donors (Lipinski definition) is 1. The van der Waals surface area contributed by atoms with Crippen LogP contribution in [0.3, 0.4) is 0 Å². The Morgan fingerprint density at radius 3 is 2.03 bits per heavy atom. The largest absolute Gasteiger partial charge is 0.324 e. The first-order chi connectivity index (χ1) is 13.9. The predicted molar refractivity (Wildman–Crippen MR) is 111 cm³/mol. The first-order valence-electron chi connectivity index (χ1n) is 8.89. The third kappa shape index (κ3) is 4.77. The highest BCUT2D eigenvalue weighted by atomic mass is 32.2. The van der Waals surface area contributed by atoms with E-state index in [1.165, 1.54) is 19.2 Å². The molecule has 0 spiro atoms. The molecule has 6 nitrogen and oxygen atoms in total. The summed E-state index contributed by atoms with van der Waals surface area (Å²) in [6.07, 6.45) is 0. The van der Waals surface area contributed by atoms with Gasteiger partial charge in [-0.25, -0.2) is 8.42 Å². The molecule has 0 saturated carbocycles. The van der Waals surface area contributed by atoms with Crippen LogP contribution in [0.2, 0.25) is 0 Å². The highest BCUT2D eigenvalue weighted by molar-refractivity contribution is 7.89. The number of rotatable bonds is 7. The second kappa shape index (κ2) is 8.81. The van der Waals surface area contributed by atoms with Crippen molar-refractivity contribution in [3.8, 4) is 0 Å². The molecule has 148 valence electrons. The Labute approximate surface area is 169 Å². The number of para-hydroxylation sites is 1. The molecule has 29 heavy (non-hydrogen) atoms. The lowest BCUT2D eigenvalue weighted by molar-refractivity contribution is -0.116. The maximum atomic E-state index is 12.8. The van der Waals surface area contributed by atoms with E-state index in [1.807, 2.05) is 6.07 Å². The number of nitrogens with zero attached hydrogens (tertiary/aromatic N) is 1. The monoisotopic (exact) mass is 408 g/mol. The fourth-order valence-electron chi connectivity index (χ4n) is 2.78. The summed E-state index contributed by atoms with van der Waals surface area (Å²) in [4.78, 5) is 25.3. The summed E-state index contributed by atoms with van der Waals surface area (Å²) in [5.74, 6) is -0.771. The van der Waals surface area contributed by atoms with Gasteiger partial charge in [0.25, 0.3) is 0 Å². The zero-order valence-electron chi connectivity index (χ0n) is 15.8. The van der Waals surface area contributed by atoms with Crippen molar-refractivity contribution in [2.45, 2.75) is 4.90 Å². The van der Waals surface area contributed by atoms with E-state index in [2.05, 4.69) is 5.32 Å². The molecule has 1 N–H and O–H groups in total. The molecule has 0 heterocycles. The number of benzene rings is 3. The lowest BCUT2D eigenvalue weighted by atomic mass is 10.0. The summed E-state index contributed by atoms with van der Waals surface area (Å²) in [6.45, 7) is -0.384. The zero-order chi connectivity index (χ0) is 20.9. The SMILES string of the molecule is CN(CC(=O)Nc1ccccc1C(=O)c1ccccc1)S(=O)(=O)c1ccccc1. The molecule has 0 saturated heterocycles. The normalized spacial score (nSPS) is 11.2. The number of carbonyl (C=O) groups is 2. The number of ketones is 1. The number of nitrogens with one attached hydrogen (secondary N) is 1. The topological polar surface area (TPSA) is 83.6 Å². The van der Waals surface area contributed by atoms with Gasteiger partial charge in [-0.15, -0.1) is 0 Å². The van der Waals surface area contributed by atoms with Crippen molar-refractivity contribution >= 4 is 27.4 Å². The third-order valence-electron chi connectivity index (χ3n) is 4.30. The Hall–Kier alpha value is -3.29. The Bertz CT molecular complexity index is 1110. The molecule has 3 aromatic carbocycles. The van der Waals surface area contributed by atoms with Gasteiger partial charge in [-0.3, -0.25) is 9.59 Å². The van der Waals surface area contributed by atoms with E-state index < -0.39 is 15.9 Å². The molecule has 0 aliphatic rings. The predicted octanol–water partition coefficient (Wildman–Crippen LogP) is 3.18. The van der Waals surface area contributed by atoms with Gasteiger partial charge in [0.15, 0.2) is 5.78 Å². The Morgan fingerprint density at radius 2 is 1.38 bits per heavy atom. The molecular formula is C22H20N2O4S. The zero-order valence-corrected chi connectivity index (χ0v) is 16.6. The Balaban J connectivity index is 1.76. The molecule has 0 unspecified atom stereocenters. The van der Waals surface area contributed by atoms with Gasteiger partial charge in [0.1, 0.15) is 0 Å². The highest BCUT2D eigenvalue weighted by Gasteiger charge is 2.23. The van der Waals surface area contributed by atoms with Crippen LogP contribution in [0.5, 0.6) is 0 Å². The summed E-state index contributed by atoms with van der Waals surface area (Å²) in [6, 6.07) is 23.3. The van der Waals surface area contributed by atoms with Crippen LogP contribution in [0.1, 0.15) is 15.9 Å². The minimum atomic E-state index is -3.79. The Morgan fingerprint density at radius 1 is 0.828 bits per heavy atom. The fourth-order valence-corrected chi connectivity index (χ4v) is 3.93. The van der Waals surface area contributed by atoms with Gasteiger partial charge >= 0.3 is 0 Å². The minimum Gasteiger partial charge on any atom is -0.324 e. The van der Waals surface area contributed by atoms with Gasteiger partial charge in [-0.05, 0) is 24.3 Å².